The third-order valence-electron chi connectivity index (χ3n) is 7.43. The molecule has 1 aliphatic carbocycles. The number of hydrogen-bond donors (Lipinski definition) is 2. The predicted octanol–water partition coefficient (Wildman–Crippen LogP) is 4.66. The van der Waals surface area contributed by atoms with Gasteiger partial charge in [-0.15, -0.1) is 0 Å². The van der Waals surface area contributed by atoms with Crippen LogP contribution in [-0.4, -0.2) is 63.6 Å². The average Bonchev–Trinajstić information content (AvgIpc) is 3.47. The summed E-state index contributed by atoms with van der Waals surface area (Å²) in [4.78, 5) is 26.1. The molecule has 2 N–H and O–H groups in total. The molecule has 200 valence electrons. The van der Waals surface area contributed by atoms with Crippen molar-refractivity contribution >= 4 is 28.7 Å². The molecule has 0 spiro atoms. The van der Waals surface area contributed by atoms with Gasteiger partial charge in [0.25, 0.3) is 5.91 Å². The Kier molecular flexibility index (Phi) is 6.98. The number of likely N-dealkylation sites (tertiary alicyclic amines) is 1. The lowest BCUT2D eigenvalue weighted by Crippen LogP contribution is -2.39. The summed E-state index contributed by atoms with van der Waals surface area (Å²) in [7, 11) is 2.03. The number of carbonyl (C=O) groups is 2. The van der Waals surface area contributed by atoms with E-state index >= 15 is 0 Å². The van der Waals surface area contributed by atoms with E-state index in [-0.39, 0.29) is 11.9 Å². The molecule has 1 aromatic carbocycles. The smallest absolute Gasteiger partial charge is 0.255 e. The first-order valence-corrected chi connectivity index (χ1v) is 13.0. The third-order valence-corrected chi connectivity index (χ3v) is 7.43. The molecule has 1 unspecified atom stereocenters. The van der Waals surface area contributed by atoms with Gasteiger partial charge in [0.2, 0.25) is 0 Å². The normalized spacial score (nSPS) is 19.7. The van der Waals surface area contributed by atoms with Crippen LogP contribution < -0.4 is 10.1 Å². The first-order chi connectivity index (χ1) is 18.1. The van der Waals surface area contributed by atoms with Crippen LogP contribution in [0.25, 0.3) is 16.5 Å². The van der Waals surface area contributed by atoms with E-state index < -0.39 is 5.60 Å². The third kappa shape index (κ3) is 5.16. The highest BCUT2D eigenvalue weighted by Gasteiger charge is 2.28. The molecular weight excluding hydrogens is 484 g/mol. The number of benzene rings is 1. The minimum Gasteiger partial charge on any atom is -0.460 e. The second kappa shape index (κ2) is 10.2. The largest absolute Gasteiger partial charge is 0.460 e. The summed E-state index contributed by atoms with van der Waals surface area (Å²) >= 11 is 0. The lowest BCUT2D eigenvalue weighted by molar-refractivity contribution is 0.0718. The van der Waals surface area contributed by atoms with Crippen molar-refractivity contribution < 1.29 is 23.8 Å². The number of aromatic nitrogens is 2. The number of likely N-dealkylation sites (N-methyl/N-ethyl adjacent to an activating group) is 1. The Morgan fingerprint density at radius 2 is 2.08 bits per heavy atom. The summed E-state index contributed by atoms with van der Waals surface area (Å²) in [6, 6.07) is 7.45. The average molecular weight is 519 g/mol. The van der Waals surface area contributed by atoms with Crippen molar-refractivity contribution in [2.45, 2.75) is 58.1 Å². The van der Waals surface area contributed by atoms with Gasteiger partial charge >= 0.3 is 0 Å². The number of nitrogens with one attached hydrogen (secondary N) is 1. The van der Waals surface area contributed by atoms with Gasteiger partial charge in [-0.2, -0.15) is 5.10 Å². The number of carbonyl (C=O) groups excluding carboxylic acids is 2. The number of ether oxygens (including phenoxy) is 1. The van der Waals surface area contributed by atoms with Gasteiger partial charge in [-0.05, 0) is 71.2 Å². The van der Waals surface area contributed by atoms with E-state index in [1.807, 2.05) is 33.0 Å². The number of fused-ring (bicyclic) bond motifs is 2. The molecule has 9 nitrogen and oxygen atoms in total. The van der Waals surface area contributed by atoms with Crippen LogP contribution in [-0.2, 0) is 0 Å². The first kappa shape index (κ1) is 25.9. The summed E-state index contributed by atoms with van der Waals surface area (Å²) in [5.41, 5.74) is 2.86. The molecule has 38 heavy (non-hydrogen) atoms. The van der Waals surface area contributed by atoms with Crippen molar-refractivity contribution in [3.63, 3.8) is 0 Å². The molecule has 1 aliphatic heterocycles. The highest BCUT2D eigenvalue weighted by atomic mass is 16.5. The Morgan fingerprint density at radius 3 is 2.68 bits per heavy atom. The first-order valence-electron chi connectivity index (χ1n) is 13.0. The number of β-amino-alcohol motifs (C(OH)–C–C–N with tert-alkyl or cyclic N) is 1. The quantitative estimate of drug-likeness (QED) is 0.370. The summed E-state index contributed by atoms with van der Waals surface area (Å²) in [6.45, 7) is 7.41. The molecular formula is C29H34N4O5. The van der Waals surface area contributed by atoms with Crippen LogP contribution in [0.15, 0.2) is 41.1 Å². The van der Waals surface area contributed by atoms with E-state index in [0.717, 1.165) is 61.5 Å². The Labute approximate surface area is 221 Å². The van der Waals surface area contributed by atoms with E-state index in [1.54, 1.807) is 36.0 Å². The van der Waals surface area contributed by atoms with E-state index in [0.29, 0.717) is 34.0 Å². The van der Waals surface area contributed by atoms with Crippen LogP contribution in [0.2, 0.25) is 0 Å². The monoisotopic (exact) mass is 518 g/mol. The summed E-state index contributed by atoms with van der Waals surface area (Å²) in [6.07, 6.45) is 8.25. The van der Waals surface area contributed by atoms with Gasteiger partial charge in [0.1, 0.15) is 22.6 Å². The molecule has 4 aromatic rings. The maximum Gasteiger partial charge on any atom is 0.255 e. The Hall–Kier alpha value is -3.69. The van der Waals surface area contributed by atoms with Gasteiger partial charge in [0.05, 0.1) is 17.4 Å². The molecule has 0 radical (unpaired) electrons. The minimum atomic E-state index is -0.408. The van der Waals surface area contributed by atoms with Crippen LogP contribution in [0.5, 0.6) is 11.5 Å². The SMILES string of the molecule is CN1CCC(C)(O)C1.Cc1oc2cc(Oc3ccnn4cc(C=O)c(C)c34)ccc2c1C(=O)NC1CCC1. The second-order valence-corrected chi connectivity index (χ2v) is 10.7. The summed E-state index contributed by atoms with van der Waals surface area (Å²) < 4.78 is 13.6. The fourth-order valence-electron chi connectivity index (χ4n) is 5.10. The molecule has 2 fully saturated rings. The fraction of sp³-hybridized carbons (Fsp3) is 0.414. The zero-order valence-corrected chi connectivity index (χ0v) is 22.3. The molecule has 1 saturated carbocycles. The molecule has 2 aliphatic rings. The van der Waals surface area contributed by atoms with Crippen molar-refractivity contribution in [2.24, 2.45) is 0 Å². The predicted molar refractivity (Wildman–Crippen MR) is 144 cm³/mol. The van der Waals surface area contributed by atoms with Crippen LogP contribution >= 0.6 is 0 Å². The molecule has 3 aromatic heterocycles. The van der Waals surface area contributed by atoms with Crippen LogP contribution in [0.1, 0.15) is 64.6 Å². The zero-order chi connectivity index (χ0) is 27.0. The lowest BCUT2D eigenvalue weighted by atomic mass is 9.93. The molecule has 1 saturated heterocycles. The molecule has 1 atom stereocenters. The Balaban J connectivity index is 0.000000316. The molecule has 6 rings (SSSR count). The highest BCUT2D eigenvalue weighted by molar-refractivity contribution is 6.07. The van der Waals surface area contributed by atoms with E-state index in [2.05, 4.69) is 15.3 Å². The Bertz CT molecular complexity index is 1500. The fourth-order valence-corrected chi connectivity index (χ4v) is 5.10. The minimum absolute atomic E-state index is 0.0920. The number of aliphatic hydroxyl groups is 1. The number of furan rings is 1. The molecule has 1 amide bonds. The number of hydrogen-bond acceptors (Lipinski definition) is 7. The summed E-state index contributed by atoms with van der Waals surface area (Å²) in [5, 5.41) is 17.4. The second-order valence-electron chi connectivity index (χ2n) is 10.7. The molecule has 0 bridgehead atoms. The van der Waals surface area contributed by atoms with E-state index in [1.165, 1.54) is 0 Å². The number of rotatable bonds is 5. The standard InChI is InChI=1S/C23H21N3O4.C6H13NO/c1-13-15(12-27)11-26-22(13)19(8-9-24-26)30-17-6-7-18-20(10-17)29-14(2)21(18)23(28)25-16-4-3-5-16;1-6(8)3-4-7(2)5-6/h6-12,16H,3-5H2,1-2H3,(H,25,28);8H,3-5H2,1-2H3. The van der Waals surface area contributed by atoms with Crippen molar-refractivity contribution in [3.05, 3.63) is 59.1 Å². The maximum atomic E-state index is 12.7. The van der Waals surface area contributed by atoms with Crippen LogP contribution in [0, 0.1) is 13.8 Å². The Morgan fingerprint density at radius 1 is 1.29 bits per heavy atom. The van der Waals surface area contributed by atoms with Crippen LogP contribution in [0.3, 0.4) is 0 Å². The molecule has 4 heterocycles. The van der Waals surface area contributed by atoms with Gasteiger partial charge in [0.15, 0.2) is 12.0 Å². The van der Waals surface area contributed by atoms with Gasteiger partial charge < -0.3 is 24.5 Å². The van der Waals surface area contributed by atoms with Gasteiger partial charge in [-0.25, -0.2) is 4.52 Å². The van der Waals surface area contributed by atoms with Crippen LogP contribution in [0.4, 0.5) is 0 Å². The lowest BCUT2D eigenvalue weighted by Gasteiger charge is -2.26. The van der Waals surface area contributed by atoms with Gasteiger partial charge in [-0.3, -0.25) is 9.59 Å². The van der Waals surface area contributed by atoms with Crippen molar-refractivity contribution in [3.8, 4) is 11.5 Å². The zero-order valence-electron chi connectivity index (χ0n) is 22.3. The maximum absolute atomic E-state index is 12.7. The highest BCUT2D eigenvalue weighted by Crippen LogP contribution is 2.34. The van der Waals surface area contributed by atoms with Crippen molar-refractivity contribution in [1.29, 1.82) is 0 Å². The van der Waals surface area contributed by atoms with Crippen molar-refractivity contribution in [1.82, 2.24) is 19.8 Å². The summed E-state index contributed by atoms with van der Waals surface area (Å²) in [5.74, 6) is 1.65. The molecule has 9 heteroatoms. The van der Waals surface area contributed by atoms with Crippen molar-refractivity contribution in [2.75, 3.05) is 20.1 Å². The number of aldehydes is 1. The topological polar surface area (TPSA) is 109 Å². The van der Waals surface area contributed by atoms with Gasteiger partial charge in [0, 0.05) is 48.4 Å². The van der Waals surface area contributed by atoms with Gasteiger partial charge in [-0.1, -0.05) is 0 Å². The number of nitrogens with zero attached hydrogens (tertiary/aromatic N) is 3. The van der Waals surface area contributed by atoms with E-state index in [4.69, 9.17) is 9.15 Å². The van der Waals surface area contributed by atoms with E-state index in [9.17, 15) is 14.7 Å². The number of amides is 1. The number of aryl methyl sites for hydroxylation is 2.